The molecule has 0 aliphatic heterocycles. The second-order valence-electron chi connectivity index (χ2n) is 3.77. The van der Waals surface area contributed by atoms with E-state index in [4.69, 9.17) is 12.8 Å². The molecule has 0 aromatic carbocycles. The molecule has 86 valence electrons. The van der Waals surface area contributed by atoms with E-state index in [1.165, 1.54) is 0 Å². The van der Waals surface area contributed by atoms with Crippen LogP contribution in [0.25, 0.3) is 11.4 Å². The molecule has 2 heteroatoms. The predicted octanol–water partition coefficient (Wildman–Crippen LogP) is 2.50. The zero-order chi connectivity index (χ0) is 12.8. The third-order valence-corrected chi connectivity index (χ3v) is 2.63. The van der Waals surface area contributed by atoms with Gasteiger partial charge in [0.25, 0.3) is 0 Å². The lowest BCUT2D eigenvalue weighted by Crippen LogP contribution is -1.99. The fourth-order valence-corrected chi connectivity index (χ4v) is 1.83. The number of hydrogen-bond donors (Lipinski definition) is 0. The van der Waals surface area contributed by atoms with Gasteiger partial charge in [-0.1, -0.05) is 6.07 Å². The minimum atomic E-state index is 0.511. The van der Waals surface area contributed by atoms with Crippen molar-refractivity contribution in [3.8, 4) is 36.1 Å². The van der Waals surface area contributed by atoms with Crippen molar-refractivity contribution in [2.24, 2.45) is 0 Å². The highest BCUT2D eigenvalue weighted by Crippen LogP contribution is 2.22. The summed E-state index contributed by atoms with van der Waals surface area (Å²) in [5, 5.41) is 0. The molecule has 2 rings (SSSR count). The number of nitrogens with zero attached hydrogens (tertiary/aromatic N) is 2. The van der Waals surface area contributed by atoms with E-state index >= 15 is 0 Å². The second-order valence-corrected chi connectivity index (χ2v) is 3.77. The third-order valence-electron chi connectivity index (χ3n) is 2.63. The average Bonchev–Trinajstić information content (AvgIpc) is 2.42. The molecular weight excluding hydrogens is 220 g/mol. The molecule has 0 spiro atoms. The van der Waals surface area contributed by atoms with Crippen LogP contribution in [-0.4, -0.2) is 9.97 Å². The molecule has 0 bridgehead atoms. The Labute approximate surface area is 107 Å². The number of terminal acetylenes is 2. The van der Waals surface area contributed by atoms with Crippen LogP contribution in [0.5, 0.6) is 0 Å². The first-order valence-corrected chi connectivity index (χ1v) is 5.62. The lowest BCUT2D eigenvalue weighted by Gasteiger charge is -2.09. The van der Waals surface area contributed by atoms with E-state index < -0.39 is 0 Å². The van der Waals surface area contributed by atoms with E-state index in [-0.39, 0.29) is 0 Å². The Morgan fingerprint density at radius 3 is 2.44 bits per heavy atom. The van der Waals surface area contributed by atoms with Crippen LogP contribution in [-0.2, 0) is 12.8 Å². The highest BCUT2D eigenvalue weighted by Gasteiger charge is 2.10. The Morgan fingerprint density at radius 1 is 0.944 bits per heavy atom. The monoisotopic (exact) mass is 232 g/mol. The van der Waals surface area contributed by atoms with Crippen molar-refractivity contribution >= 4 is 0 Å². The van der Waals surface area contributed by atoms with E-state index in [9.17, 15) is 0 Å². The molecule has 0 saturated carbocycles. The molecule has 0 atom stereocenters. The molecule has 0 radical (unpaired) electrons. The van der Waals surface area contributed by atoms with Crippen molar-refractivity contribution < 1.29 is 0 Å². The molecule has 2 aromatic heterocycles. The molecule has 0 amide bonds. The van der Waals surface area contributed by atoms with Crippen molar-refractivity contribution in [1.29, 1.82) is 0 Å². The molecule has 0 saturated heterocycles. The van der Waals surface area contributed by atoms with Gasteiger partial charge in [0.15, 0.2) is 0 Å². The van der Waals surface area contributed by atoms with Crippen LogP contribution < -0.4 is 0 Å². The largest absolute Gasteiger partial charge is 0.255 e. The van der Waals surface area contributed by atoms with Crippen molar-refractivity contribution in [3.63, 3.8) is 0 Å². The lowest BCUT2D eigenvalue weighted by molar-refractivity contribution is 1.12. The van der Waals surface area contributed by atoms with Crippen LogP contribution in [0.3, 0.4) is 0 Å². The second kappa shape index (κ2) is 5.66. The van der Waals surface area contributed by atoms with E-state index in [0.717, 1.165) is 22.5 Å². The van der Waals surface area contributed by atoms with Gasteiger partial charge in [-0.15, -0.1) is 24.7 Å². The van der Waals surface area contributed by atoms with Crippen LogP contribution >= 0.6 is 0 Å². The zero-order valence-corrected chi connectivity index (χ0v) is 9.93. The summed E-state index contributed by atoms with van der Waals surface area (Å²) < 4.78 is 0. The summed E-state index contributed by atoms with van der Waals surface area (Å²) >= 11 is 0. The summed E-state index contributed by atoms with van der Waals surface area (Å²) in [7, 11) is 0. The van der Waals surface area contributed by atoms with Crippen LogP contribution in [0.2, 0.25) is 0 Å². The minimum absolute atomic E-state index is 0.511. The van der Waals surface area contributed by atoms with Crippen molar-refractivity contribution in [1.82, 2.24) is 9.97 Å². The molecule has 2 aromatic rings. The fourth-order valence-electron chi connectivity index (χ4n) is 1.83. The Bertz CT molecular complexity index is 616. The van der Waals surface area contributed by atoms with Gasteiger partial charge in [-0.25, -0.2) is 0 Å². The van der Waals surface area contributed by atoms with Crippen molar-refractivity contribution in [2.75, 3.05) is 0 Å². The maximum absolute atomic E-state index is 5.42. The minimum Gasteiger partial charge on any atom is -0.255 e. The first-order valence-electron chi connectivity index (χ1n) is 5.62. The van der Waals surface area contributed by atoms with Gasteiger partial charge in [0.1, 0.15) is 0 Å². The molecule has 0 aliphatic carbocycles. The molecule has 0 unspecified atom stereocenters. The van der Waals surface area contributed by atoms with Crippen molar-refractivity contribution in [2.45, 2.75) is 12.8 Å². The SMILES string of the molecule is C#CCc1ccnc(-c2ccccn2)c1CC#C. The van der Waals surface area contributed by atoms with Crippen molar-refractivity contribution in [3.05, 3.63) is 47.8 Å². The summed E-state index contributed by atoms with van der Waals surface area (Å²) in [6.07, 6.45) is 15.4. The zero-order valence-electron chi connectivity index (χ0n) is 9.93. The number of aromatic nitrogens is 2. The fraction of sp³-hybridized carbons (Fsp3) is 0.125. The normalized spacial score (nSPS) is 9.44. The summed E-state index contributed by atoms with van der Waals surface area (Å²) in [4.78, 5) is 8.69. The van der Waals surface area contributed by atoms with Gasteiger partial charge in [-0.2, -0.15) is 0 Å². The highest BCUT2D eigenvalue weighted by atomic mass is 14.8. The van der Waals surface area contributed by atoms with Gasteiger partial charge in [-0.3, -0.25) is 9.97 Å². The first-order chi connectivity index (χ1) is 8.86. The summed E-state index contributed by atoms with van der Waals surface area (Å²) in [6.45, 7) is 0. The molecule has 2 nitrogen and oxygen atoms in total. The molecule has 0 fully saturated rings. The smallest absolute Gasteiger partial charge is 0.0930 e. The van der Waals surface area contributed by atoms with Gasteiger partial charge >= 0.3 is 0 Å². The van der Waals surface area contributed by atoms with Crippen LogP contribution in [0.15, 0.2) is 36.7 Å². The van der Waals surface area contributed by atoms with Gasteiger partial charge in [0.2, 0.25) is 0 Å². The topological polar surface area (TPSA) is 25.8 Å². The van der Waals surface area contributed by atoms with Gasteiger partial charge in [-0.05, 0) is 29.3 Å². The van der Waals surface area contributed by atoms with Crippen LogP contribution in [0.1, 0.15) is 11.1 Å². The summed E-state index contributed by atoms with van der Waals surface area (Å²) in [6, 6.07) is 7.63. The molecule has 2 heterocycles. The molecule has 0 aliphatic rings. The van der Waals surface area contributed by atoms with E-state index in [1.54, 1.807) is 12.4 Å². The van der Waals surface area contributed by atoms with Crippen LogP contribution in [0, 0.1) is 24.7 Å². The maximum atomic E-state index is 5.42. The highest BCUT2D eigenvalue weighted by molar-refractivity contribution is 5.61. The Morgan fingerprint density at radius 2 is 1.78 bits per heavy atom. The first kappa shape index (κ1) is 11.9. The number of hydrogen-bond acceptors (Lipinski definition) is 2. The molecule has 0 N–H and O–H groups in total. The van der Waals surface area contributed by atoms with Gasteiger partial charge in [0.05, 0.1) is 11.4 Å². The molecular formula is C16H12N2. The summed E-state index contributed by atoms with van der Waals surface area (Å²) in [5.74, 6) is 5.30. The Balaban J connectivity index is 2.58. The van der Waals surface area contributed by atoms with E-state index in [0.29, 0.717) is 12.8 Å². The average molecular weight is 232 g/mol. The number of pyridine rings is 2. The maximum Gasteiger partial charge on any atom is 0.0930 e. The number of rotatable bonds is 3. The molecule has 18 heavy (non-hydrogen) atoms. The van der Waals surface area contributed by atoms with Gasteiger partial charge in [0, 0.05) is 25.2 Å². The van der Waals surface area contributed by atoms with E-state index in [2.05, 4.69) is 21.8 Å². The van der Waals surface area contributed by atoms with Gasteiger partial charge < -0.3 is 0 Å². The lowest BCUT2D eigenvalue weighted by atomic mass is 9.99. The summed E-state index contributed by atoms with van der Waals surface area (Å²) in [5.41, 5.74) is 3.69. The Hall–Kier alpha value is -2.58. The van der Waals surface area contributed by atoms with E-state index in [1.807, 2.05) is 24.3 Å². The third kappa shape index (κ3) is 2.39. The van der Waals surface area contributed by atoms with Crippen LogP contribution in [0.4, 0.5) is 0 Å². The standard InChI is InChI=1S/C16H12N2/c1-3-7-13-10-12-18-16(14(13)8-4-2)15-9-5-6-11-17-15/h1-2,5-6,9-12H,7-8H2. The Kier molecular flexibility index (Phi) is 3.74. The quantitative estimate of drug-likeness (QED) is 0.760. The predicted molar refractivity (Wildman–Crippen MR) is 72.5 cm³/mol.